The van der Waals surface area contributed by atoms with Gasteiger partial charge in [0.2, 0.25) is 0 Å². The third-order valence-electron chi connectivity index (χ3n) is 2.51. The van der Waals surface area contributed by atoms with E-state index in [1.807, 2.05) is 0 Å². The van der Waals surface area contributed by atoms with Crippen molar-refractivity contribution in [2.24, 2.45) is 0 Å². The van der Waals surface area contributed by atoms with E-state index in [0.29, 0.717) is 20.3 Å². The molecule has 4 nitrogen and oxygen atoms in total. The first-order chi connectivity index (χ1) is 9.38. The summed E-state index contributed by atoms with van der Waals surface area (Å²) in [4.78, 5) is 12.1. The number of carbonyl (C=O) groups is 1. The van der Waals surface area contributed by atoms with Gasteiger partial charge in [0.15, 0.2) is 0 Å². The van der Waals surface area contributed by atoms with Crippen LogP contribution >= 0.6 is 31.9 Å². The van der Waals surface area contributed by atoms with Crippen molar-refractivity contribution >= 4 is 49.1 Å². The predicted octanol–water partition coefficient (Wildman–Crippen LogP) is 3.89. The lowest BCUT2D eigenvalue weighted by Crippen LogP contribution is -2.13. The number of hydrogen-bond acceptors (Lipinski definition) is 3. The van der Waals surface area contributed by atoms with Gasteiger partial charge in [-0.2, -0.15) is 0 Å². The van der Waals surface area contributed by atoms with Crippen molar-refractivity contribution in [1.29, 1.82) is 0 Å². The quantitative estimate of drug-likeness (QED) is 0.666. The second-order valence-corrected chi connectivity index (χ2v) is 5.68. The zero-order valence-electron chi connectivity index (χ0n) is 9.95. The molecule has 4 N–H and O–H groups in total. The molecule has 0 radical (unpaired) electrons. The maximum absolute atomic E-state index is 12.9. The zero-order valence-corrected chi connectivity index (χ0v) is 13.1. The number of aromatic hydroxyl groups is 1. The van der Waals surface area contributed by atoms with Gasteiger partial charge in [-0.3, -0.25) is 4.79 Å². The summed E-state index contributed by atoms with van der Waals surface area (Å²) < 4.78 is 14.1. The molecule has 2 rings (SSSR count). The normalized spacial score (nSPS) is 10.3. The van der Waals surface area contributed by atoms with Gasteiger partial charge in [0, 0.05) is 20.7 Å². The van der Waals surface area contributed by atoms with Crippen molar-refractivity contribution in [1.82, 2.24) is 0 Å². The lowest BCUT2D eigenvalue weighted by atomic mass is 10.1. The summed E-state index contributed by atoms with van der Waals surface area (Å²) in [7, 11) is 0. The SMILES string of the molecule is Nc1cc(Br)c(NC(=O)c2ccc(F)cc2O)c(Br)c1. The van der Waals surface area contributed by atoms with Crippen molar-refractivity contribution in [3.63, 3.8) is 0 Å². The Hall–Kier alpha value is -1.60. The third-order valence-corrected chi connectivity index (χ3v) is 3.76. The number of benzene rings is 2. The summed E-state index contributed by atoms with van der Waals surface area (Å²) in [5.41, 5.74) is 6.62. The van der Waals surface area contributed by atoms with Gasteiger partial charge in [0.25, 0.3) is 5.91 Å². The predicted molar refractivity (Wildman–Crippen MR) is 82.3 cm³/mol. The number of nitrogens with two attached hydrogens (primary N) is 1. The van der Waals surface area contributed by atoms with E-state index in [9.17, 15) is 14.3 Å². The van der Waals surface area contributed by atoms with Crippen LogP contribution in [0.3, 0.4) is 0 Å². The molecular formula is C13H9Br2FN2O2. The highest BCUT2D eigenvalue weighted by Gasteiger charge is 2.15. The average Bonchev–Trinajstić information content (AvgIpc) is 2.33. The molecule has 0 heterocycles. The standard InChI is InChI=1S/C13H9Br2FN2O2/c14-9-4-7(17)5-10(15)12(9)18-13(20)8-2-1-6(16)3-11(8)19/h1-5,19H,17H2,(H,18,20). The van der Waals surface area contributed by atoms with Crippen LogP contribution in [0.5, 0.6) is 5.75 Å². The molecule has 2 aromatic rings. The van der Waals surface area contributed by atoms with E-state index in [1.165, 1.54) is 6.07 Å². The van der Waals surface area contributed by atoms with Crippen LogP contribution < -0.4 is 11.1 Å². The first kappa shape index (κ1) is 14.8. The maximum Gasteiger partial charge on any atom is 0.259 e. The highest BCUT2D eigenvalue weighted by molar-refractivity contribution is 9.11. The van der Waals surface area contributed by atoms with Gasteiger partial charge in [-0.05, 0) is 56.1 Å². The maximum atomic E-state index is 12.9. The van der Waals surface area contributed by atoms with Crippen LogP contribution in [-0.4, -0.2) is 11.0 Å². The van der Waals surface area contributed by atoms with Crippen LogP contribution in [0.25, 0.3) is 0 Å². The number of anilines is 2. The van der Waals surface area contributed by atoms with E-state index in [1.54, 1.807) is 12.1 Å². The highest BCUT2D eigenvalue weighted by Crippen LogP contribution is 2.34. The fraction of sp³-hybridized carbons (Fsp3) is 0. The smallest absolute Gasteiger partial charge is 0.259 e. The van der Waals surface area contributed by atoms with Crippen LogP contribution in [0.15, 0.2) is 39.3 Å². The topological polar surface area (TPSA) is 75.3 Å². The lowest BCUT2D eigenvalue weighted by Gasteiger charge is -2.11. The first-order valence-electron chi connectivity index (χ1n) is 5.43. The Balaban J connectivity index is 2.33. The summed E-state index contributed by atoms with van der Waals surface area (Å²) in [5.74, 6) is -1.60. The van der Waals surface area contributed by atoms with Gasteiger partial charge in [0.05, 0.1) is 11.3 Å². The second-order valence-electron chi connectivity index (χ2n) is 3.98. The summed E-state index contributed by atoms with van der Waals surface area (Å²) in [5, 5.41) is 12.2. The van der Waals surface area contributed by atoms with Crippen molar-refractivity contribution < 1.29 is 14.3 Å². The molecule has 0 saturated heterocycles. The van der Waals surface area contributed by atoms with E-state index in [4.69, 9.17) is 5.73 Å². The molecular weight excluding hydrogens is 395 g/mol. The highest BCUT2D eigenvalue weighted by atomic mass is 79.9. The number of nitrogens with one attached hydrogen (secondary N) is 1. The minimum Gasteiger partial charge on any atom is -0.507 e. The Labute approximate surface area is 131 Å². The largest absolute Gasteiger partial charge is 0.507 e. The fourth-order valence-electron chi connectivity index (χ4n) is 1.59. The molecule has 0 aromatic heterocycles. The number of phenolic OH excluding ortho intramolecular Hbond substituents is 1. The number of hydrogen-bond donors (Lipinski definition) is 3. The van der Waals surface area contributed by atoms with E-state index in [2.05, 4.69) is 37.2 Å². The van der Waals surface area contributed by atoms with Gasteiger partial charge in [0.1, 0.15) is 11.6 Å². The van der Waals surface area contributed by atoms with Crippen LogP contribution in [0.1, 0.15) is 10.4 Å². The van der Waals surface area contributed by atoms with Gasteiger partial charge >= 0.3 is 0 Å². The lowest BCUT2D eigenvalue weighted by molar-refractivity contribution is 0.102. The Bertz CT molecular complexity index is 669. The minimum absolute atomic E-state index is 0.0259. The Morgan fingerprint density at radius 2 is 1.80 bits per heavy atom. The van der Waals surface area contributed by atoms with Crippen LogP contribution in [0.4, 0.5) is 15.8 Å². The molecule has 0 unspecified atom stereocenters. The van der Waals surface area contributed by atoms with E-state index >= 15 is 0 Å². The molecule has 104 valence electrons. The number of phenols is 1. The summed E-state index contributed by atoms with van der Waals surface area (Å²) >= 11 is 6.56. The molecule has 0 saturated carbocycles. The monoisotopic (exact) mass is 402 g/mol. The molecule has 2 aromatic carbocycles. The van der Waals surface area contributed by atoms with Gasteiger partial charge in [-0.25, -0.2) is 4.39 Å². The fourth-order valence-corrected chi connectivity index (χ4v) is 3.01. The second kappa shape index (κ2) is 5.80. The molecule has 20 heavy (non-hydrogen) atoms. The molecule has 0 fully saturated rings. The molecule has 0 aliphatic heterocycles. The molecule has 0 bridgehead atoms. The van der Waals surface area contributed by atoms with Gasteiger partial charge in [-0.15, -0.1) is 0 Å². The van der Waals surface area contributed by atoms with Crippen LogP contribution in [0.2, 0.25) is 0 Å². The summed E-state index contributed by atoms with van der Waals surface area (Å²) in [6.45, 7) is 0. The number of carbonyl (C=O) groups excluding carboxylic acids is 1. The Morgan fingerprint density at radius 1 is 1.20 bits per heavy atom. The molecule has 0 atom stereocenters. The van der Waals surface area contributed by atoms with Gasteiger partial charge in [-0.1, -0.05) is 0 Å². The third kappa shape index (κ3) is 3.10. The van der Waals surface area contributed by atoms with Crippen molar-refractivity contribution in [3.8, 4) is 5.75 Å². The Kier molecular flexibility index (Phi) is 4.29. The number of halogens is 3. The molecule has 0 aliphatic carbocycles. The van der Waals surface area contributed by atoms with Crippen molar-refractivity contribution in [2.75, 3.05) is 11.1 Å². The van der Waals surface area contributed by atoms with Crippen molar-refractivity contribution in [2.45, 2.75) is 0 Å². The number of rotatable bonds is 2. The van der Waals surface area contributed by atoms with E-state index in [0.717, 1.165) is 12.1 Å². The van der Waals surface area contributed by atoms with Crippen LogP contribution in [0, 0.1) is 5.82 Å². The number of amides is 1. The summed E-state index contributed by atoms with van der Waals surface area (Å²) in [6, 6.07) is 6.44. The number of nitrogen functional groups attached to an aromatic ring is 1. The van der Waals surface area contributed by atoms with Crippen LogP contribution in [-0.2, 0) is 0 Å². The Morgan fingerprint density at radius 3 is 2.35 bits per heavy atom. The van der Waals surface area contributed by atoms with E-state index < -0.39 is 17.5 Å². The average molecular weight is 404 g/mol. The first-order valence-corrected chi connectivity index (χ1v) is 7.01. The summed E-state index contributed by atoms with van der Waals surface area (Å²) in [6.07, 6.45) is 0. The zero-order chi connectivity index (χ0) is 14.9. The molecule has 1 amide bonds. The molecule has 7 heteroatoms. The van der Waals surface area contributed by atoms with E-state index in [-0.39, 0.29) is 5.56 Å². The molecule has 0 spiro atoms. The van der Waals surface area contributed by atoms with Crippen molar-refractivity contribution in [3.05, 3.63) is 50.7 Å². The van der Waals surface area contributed by atoms with Gasteiger partial charge < -0.3 is 16.2 Å². The molecule has 0 aliphatic rings. The minimum atomic E-state index is -0.617.